The molecular weight excluding hydrogens is 329 g/mol. The standard InChI is InChI=1S/C16H21F3O3S/c1-14(2,3)10-8-12-11(6-7-15(12,4)5)13(9-10)22-23(20,21)16(17,18)19/h8-9H,6-7H2,1-5H3. The van der Waals surface area contributed by atoms with Crippen LogP contribution in [0.5, 0.6) is 5.75 Å². The summed E-state index contributed by atoms with van der Waals surface area (Å²) in [7, 11) is -5.67. The molecule has 0 N–H and O–H groups in total. The highest BCUT2D eigenvalue weighted by Crippen LogP contribution is 2.45. The van der Waals surface area contributed by atoms with Crippen LogP contribution < -0.4 is 4.18 Å². The molecule has 0 amide bonds. The molecule has 0 bridgehead atoms. The lowest BCUT2D eigenvalue weighted by Crippen LogP contribution is -2.28. The third-order valence-electron chi connectivity index (χ3n) is 4.29. The molecule has 0 spiro atoms. The summed E-state index contributed by atoms with van der Waals surface area (Å²) >= 11 is 0. The molecule has 23 heavy (non-hydrogen) atoms. The van der Waals surface area contributed by atoms with Gasteiger partial charge in [-0.25, -0.2) is 0 Å². The third kappa shape index (κ3) is 3.34. The van der Waals surface area contributed by atoms with E-state index in [1.165, 1.54) is 6.07 Å². The van der Waals surface area contributed by atoms with Crippen molar-refractivity contribution in [3.8, 4) is 5.75 Å². The summed E-state index contributed by atoms with van der Waals surface area (Å²) in [6, 6.07) is 3.37. The van der Waals surface area contributed by atoms with Gasteiger partial charge < -0.3 is 4.18 Å². The monoisotopic (exact) mass is 350 g/mol. The smallest absolute Gasteiger partial charge is 0.376 e. The number of halogens is 3. The maximum Gasteiger partial charge on any atom is 0.534 e. The highest BCUT2D eigenvalue weighted by molar-refractivity contribution is 7.88. The first-order valence-electron chi connectivity index (χ1n) is 7.34. The van der Waals surface area contributed by atoms with E-state index in [4.69, 9.17) is 0 Å². The average Bonchev–Trinajstić information content (AvgIpc) is 2.63. The second-order valence-corrected chi connectivity index (χ2v) is 9.16. The van der Waals surface area contributed by atoms with Crippen molar-refractivity contribution < 1.29 is 25.8 Å². The van der Waals surface area contributed by atoms with E-state index in [9.17, 15) is 21.6 Å². The van der Waals surface area contributed by atoms with Gasteiger partial charge in [-0.2, -0.15) is 21.6 Å². The van der Waals surface area contributed by atoms with Crippen LogP contribution in [0.3, 0.4) is 0 Å². The van der Waals surface area contributed by atoms with Crippen LogP contribution in [0, 0.1) is 0 Å². The van der Waals surface area contributed by atoms with Crippen LogP contribution in [0.15, 0.2) is 12.1 Å². The zero-order chi connectivity index (χ0) is 17.8. The van der Waals surface area contributed by atoms with Crippen molar-refractivity contribution in [3.63, 3.8) is 0 Å². The van der Waals surface area contributed by atoms with Crippen LogP contribution in [0.4, 0.5) is 13.2 Å². The quantitative estimate of drug-likeness (QED) is 0.585. The molecule has 0 aromatic heterocycles. The van der Waals surface area contributed by atoms with Gasteiger partial charge in [0, 0.05) is 0 Å². The number of hydrogen-bond acceptors (Lipinski definition) is 3. The zero-order valence-corrected chi connectivity index (χ0v) is 14.7. The maximum absolute atomic E-state index is 12.6. The summed E-state index contributed by atoms with van der Waals surface area (Å²) in [6.07, 6.45) is 1.23. The molecule has 0 saturated heterocycles. The molecule has 0 heterocycles. The SMILES string of the molecule is CC(C)(C)c1cc(OS(=O)(=O)C(F)(F)F)c2c(c1)C(C)(C)CC2. The minimum Gasteiger partial charge on any atom is -0.376 e. The number of benzene rings is 1. The first-order chi connectivity index (χ1) is 10.2. The predicted octanol–water partition coefficient (Wildman–Crippen LogP) is 4.44. The normalized spacial score (nSPS) is 17.9. The Kier molecular flexibility index (Phi) is 4.04. The van der Waals surface area contributed by atoms with E-state index in [1.807, 2.05) is 40.7 Å². The molecule has 1 aliphatic rings. The van der Waals surface area contributed by atoms with Gasteiger partial charge in [0.1, 0.15) is 5.75 Å². The Labute approximate surface area is 135 Å². The van der Waals surface area contributed by atoms with Gasteiger partial charge >= 0.3 is 15.6 Å². The lowest BCUT2D eigenvalue weighted by atomic mass is 9.80. The first kappa shape index (κ1) is 18.1. The largest absolute Gasteiger partial charge is 0.534 e. The van der Waals surface area contributed by atoms with Crippen LogP contribution in [0.1, 0.15) is 57.7 Å². The number of rotatable bonds is 2. The lowest BCUT2D eigenvalue weighted by Gasteiger charge is -2.25. The van der Waals surface area contributed by atoms with Crippen LogP contribution in [-0.4, -0.2) is 13.9 Å². The fourth-order valence-electron chi connectivity index (χ4n) is 2.75. The summed E-state index contributed by atoms with van der Waals surface area (Å²) in [5.74, 6) is -0.199. The summed E-state index contributed by atoms with van der Waals surface area (Å²) in [5.41, 5.74) is -3.84. The number of alkyl halides is 3. The molecule has 1 aromatic carbocycles. The molecule has 1 aliphatic carbocycles. The van der Waals surface area contributed by atoms with Crippen molar-refractivity contribution in [1.29, 1.82) is 0 Å². The van der Waals surface area contributed by atoms with Crippen molar-refractivity contribution in [1.82, 2.24) is 0 Å². The van der Waals surface area contributed by atoms with E-state index < -0.39 is 15.6 Å². The molecule has 0 aliphatic heterocycles. The highest BCUT2D eigenvalue weighted by atomic mass is 32.2. The number of fused-ring (bicyclic) bond motifs is 1. The van der Waals surface area contributed by atoms with Crippen LogP contribution in [0.2, 0.25) is 0 Å². The van der Waals surface area contributed by atoms with Crippen LogP contribution in [-0.2, 0) is 27.4 Å². The Morgan fingerprint density at radius 3 is 2.17 bits per heavy atom. The highest BCUT2D eigenvalue weighted by Gasteiger charge is 2.49. The third-order valence-corrected chi connectivity index (χ3v) is 5.25. The van der Waals surface area contributed by atoms with E-state index >= 15 is 0 Å². The molecule has 130 valence electrons. The van der Waals surface area contributed by atoms with Crippen LogP contribution >= 0.6 is 0 Å². The lowest BCUT2D eigenvalue weighted by molar-refractivity contribution is -0.0500. The predicted molar refractivity (Wildman–Crippen MR) is 82.1 cm³/mol. The number of hydrogen-bond donors (Lipinski definition) is 0. The molecule has 7 heteroatoms. The van der Waals surface area contributed by atoms with Crippen molar-refractivity contribution in [2.75, 3.05) is 0 Å². The molecule has 3 nitrogen and oxygen atoms in total. The van der Waals surface area contributed by atoms with E-state index in [0.29, 0.717) is 12.0 Å². The summed E-state index contributed by atoms with van der Waals surface area (Å²) in [6.45, 7) is 9.73. The summed E-state index contributed by atoms with van der Waals surface area (Å²) in [4.78, 5) is 0. The molecule has 0 fully saturated rings. The first-order valence-corrected chi connectivity index (χ1v) is 8.75. The molecule has 0 saturated carbocycles. The van der Waals surface area contributed by atoms with Gasteiger partial charge in [0.2, 0.25) is 0 Å². The Morgan fingerprint density at radius 2 is 1.70 bits per heavy atom. The van der Waals surface area contributed by atoms with E-state index in [-0.39, 0.29) is 16.6 Å². The Morgan fingerprint density at radius 1 is 1.13 bits per heavy atom. The van der Waals surface area contributed by atoms with Crippen molar-refractivity contribution >= 4 is 10.1 Å². The molecule has 2 rings (SSSR count). The molecule has 0 unspecified atom stereocenters. The van der Waals surface area contributed by atoms with E-state index in [1.54, 1.807) is 0 Å². The van der Waals surface area contributed by atoms with Gasteiger partial charge in [0.25, 0.3) is 0 Å². The fraction of sp³-hybridized carbons (Fsp3) is 0.625. The van der Waals surface area contributed by atoms with Gasteiger partial charge in [-0.15, -0.1) is 0 Å². The molecular formula is C16H21F3O3S. The van der Waals surface area contributed by atoms with E-state index in [0.717, 1.165) is 17.5 Å². The summed E-state index contributed by atoms with van der Waals surface area (Å²) in [5, 5.41) is 0. The topological polar surface area (TPSA) is 43.4 Å². The van der Waals surface area contributed by atoms with Gasteiger partial charge in [-0.1, -0.05) is 40.7 Å². The molecule has 0 radical (unpaired) electrons. The minimum atomic E-state index is -5.67. The molecule has 1 aromatic rings. The maximum atomic E-state index is 12.6. The van der Waals surface area contributed by atoms with E-state index in [2.05, 4.69) is 4.18 Å². The van der Waals surface area contributed by atoms with Crippen molar-refractivity contribution in [3.05, 3.63) is 28.8 Å². The summed E-state index contributed by atoms with van der Waals surface area (Å²) < 4.78 is 65.2. The molecule has 0 atom stereocenters. The Hall–Kier alpha value is -1.24. The zero-order valence-electron chi connectivity index (χ0n) is 13.8. The van der Waals surface area contributed by atoms with Gasteiger partial charge in [0.15, 0.2) is 0 Å². The van der Waals surface area contributed by atoms with Gasteiger partial charge in [-0.05, 0) is 46.4 Å². The Balaban J connectivity index is 2.63. The van der Waals surface area contributed by atoms with Gasteiger partial charge in [-0.3, -0.25) is 0 Å². The fourth-order valence-corrected chi connectivity index (χ4v) is 3.23. The van der Waals surface area contributed by atoms with Gasteiger partial charge in [0.05, 0.1) is 0 Å². The minimum absolute atomic E-state index is 0.199. The Bertz CT molecular complexity index is 726. The van der Waals surface area contributed by atoms with Crippen molar-refractivity contribution in [2.24, 2.45) is 0 Å². The van der Waals surface area contributed by atoms with Crippen LogP contribution in [0.25, 0.3) is 0 Å². The second kappa shape index (κ2) is 5.13. The second-order valence-electron chi connectivity index (χ2n) is 7.62. The van der Waals surface area contributed by atoms with Crippen molar-refractivity contribution in [2.45, 2.75) is 63.8 Å². The average molecular weight is 350 g/mol.